The van der Waals surface area contributed by atoms with Crippen LogP contribution in [0.15, 0.2) is 48.8 Å². The molecular weight excluding hydrogens is 289 g/mol. The first-order valence-electron chi connectivity index (χ1n) is 4.18. The van der Waals surface area contributed by atoms with Crippen molar-refractivity contribution in [1.82, 2.24) is 4.98 Å². The number of nitrogens with zero attached hydrogens (tertiary/aromatic N) is 1. The van der Waals surface area contributed by atoms with Gasteiger partial charge in [-0.15, -0.1) is 0 Å². The van der Waals surface area contributed by atoms with Crippen molar-refractivity contribution in [2.24, 2.45) is 0 Å². The molecule has 1 aromatic carbocycles. The van der Waals surface area contributed by atoms with Crippen LogP contribution in [0.2, 0.25) is 0 Å². The first kappa shape index (κ1) is 9.45. The minimum Gasteiger partial charge on any atom is -0.457 e. The molecule has 0 unspecified atom stereocenters. The highest BCUT2D eigenvalue weighted by Gasteiger charge is 1.95. The lowest BCUT2D eigenvalue weighted by molar-refractivity contribution is 0.482. The zero-order valence-corrected chi connectivity index (χ0v) is 9.51. The predicted octanol–water partition coefficient (Wildman–Crippen LogP) is 3.48. The van der Waals surface area contributed by atoms with Gasteiger partial charge in [0.2, 0.25) is 0 Å². The summed E-state index contributed by atoms with van der Waals surface area (Å²) in [7, 11) is 0. The van der Waals surface area contributed by atoms with Crippen LogP contribution in [-0.4, -0.2) is 4.98 Å². The average Bonchev–Trinajstić information content (AvgIpc) is 2.23. The fraction of sp³-hybridized carbons (Fsp3) is 0. The molecule has 0 saturated heterocycles. The lowest BCUT2D eigenvalue weighted by Crippen LogP contribution is -1.83. The quantitative estimate of drug-likeness (QED) is 0.792. The number of benzene rings is 1. The third-order valence-corrected chi connectivity index (χ3v) is 2.42. The van der Waals surface area contributed by atoms with E-state index < -0.39 is 0 Å². The Labute approximate surface area is 96.1 Å². The molecule has 1 heterocycles. The van der Waals surface area contributed by atoms with E-state index in [2.05, 4.69) is 27.6 Å². The monoisotopic (exact) mass is 297 g/mol. The minimum atomic E-state index is 0.807. The largest absolute Gasteiger partial charge is 0.457 e. The molecule has 0 N–H and O–H groups in total. The number of hydrogen-bond acceptors (Lipinski definition) is 2. The van der Waals surface area contributed by atoms with Crippen LogP contribution < -0.4 is 4.74 Å². The average molecular weight is 297 g/mol. The van der Waals surface area contributed by atoms with Gasteiger partial charge in [-0.05, 0) is 59.0 Å². The number of pyridine rings is 1. The minimum absolute atomic E-state index is 0.807. The standard InChI is InChI=1S/C11H8INO/c12-9-1-3-10(4-2-9)14-11-5-7-13-8-6-11/h1-8H. The Morgan fingerprint density at radius 3 is 2.07 bits per heavy atom. The van der Waals surface area contributed by atoms with E-state index in [9.17, 15) is 0 Å². The molecular formula is C11H8INO. The maximum Gasteiger partial charge on any atom is 0.130 e. The van der Waals surface area contributed by atoms with Gasteiger partial charge in [0.25, 0.3) is 0 Å². The molecule has 2 nitrogen and oxygen atoms in total. The highest BCUT2D eigenvalue weighted by Crippen LogP contribution is 2.20. The first-order valence-corrected chi connectivity index (χ1v) is 5.26. The van der Waals surface area contributed by atoms with E-state index in [-0.39, 0.29) is 0 Å². The van der Waals surface area contributed by atoms with Crippen LogP contribution >= 0.6 is 22.6 Å². The van der Waals surface area contributed by atoms with Crippen molar-refractivity contribution in [3.05, 3.63) is 52.4 Å². The fourth-order valence-electron chi connectivity index (χ4n) is 1.04. The Hall–Kier alpha value is -1.10. The molecule has 0 radical (unpaired) electrons. The van der Waals surface area contributed by atoms with Crippen molar-refractivity contribution in [2.45, 2.75) is 0 Å². The molecule has 0 saturated carbocycles. The van der Waals surface area contributed by atoms with Gasteiger partial charge in [-0.25, -0.2) is 0 Å². The predicted molar refractivity (Wildman–Crippen MR) is 63.5 cm³/mol. The Morgan fingerprint density at radius 1 is 0.857 bits per heavy atom. The molecule has 0 bridgehead atoms. The second-order valence-corrected chi connectivity index (χ2v) is 3.98. The molecule has 14 heavy (non-hydrogen) atoms. The summed E-state index contributed by atoms with van der Waals surface area (Å²) in [6, 6.07) is 11.6. The van der Waals surface area contributed by atoms with E-state index >= 15 is 0 Å². The van der Waals surface area contributed by atoms with E-state index in [1.165, 1.54) is 3.57 Å². The second kappa shape index (κ2) is 4.41. The molecule has 0 spiro atoms. The van der Waals surface area contributed by atoms with Crippen LogP contribution in [0.5, 0.6) is 11.5 Å². The van der Waals surface area contributed by atoms with Crippen LogP contribution in [0.3, 0.4) is 0 Å². The van der Waals surface area contributed by atoms with Crippen LogP contribution in [-0.2, 0) is 0 Å². The van der Waals surface area contributed by atoms with Crippen molar-refractivity contribution < 1.29 is 4.74 Å². The second-order valence-electron chi connectivity index (χ2n) is 2.74. The third-order valence-electron chi connectivity index (χ3n) is 1.70. The van der Waals surface area contributed by atoms with E-state index in [1.807, 2.05) is 36.4 Å². The Balaban J connectivity index is 2.16. The summed E-state index contributed by atoms with van der Waals surface area (Å²) >= 11 is 2.26. The van der Waals surface area contributed by atoms with Gasteiger partial charge in [0.05, 0.1) is 0 Å². The van der Waals surface area contributed by atoms with Crippen molar-refractivity contribution in [3.8, 4) is 11.5 Å². The maximum atomic E-state index is 5.59. The molecule has 3 heteroatoms. The Kier molecular flexibility index (Phi) is 2.98. The molecule has 0 aliphatic heterocycles. The molecule has 0 aliphatic rings. The molecule has 0 amide bonds. The van der Waals surface area contributed by atoms with Gasteiger partial charge in [-0.2, -0.15) is 0 Å². The number of hydrogen-bond donors (Lipinski definition) is 0. The van der Waals surface area contributed by atoms with Gasteiger partial charge in [0.15, 0.2) is 0 Å². The molecule has 2 aromatic rings. The molecule has 0 atom stereocenters. The van der Waals surface area contributed by atoms with Gasteiger partial charge in [0, 0.05) is 16.0 Å². The molecule has 0 aliphatic carbocycles. The molecule has 2 rings (SSSR count). The summed E-state index contributed by atoms with van der Waals surface area (Å²) in [6.45, 7) is 0. The van der Waals surface area contributed by atoms with Crippen molar-refractivity contribution in [3.63, 3.8) is 0 Å². The Morgan fingerprint density at radius 2 is 1.43 bits per heavy atom. The van der Waals surface area contributed by atoms with Crippen molar-refractivity contribution in [2.75, 3.05) is 0 Å². The van der Waals surface area contributed by atoms with E-state index in [0.29, 0.717) is 0 Å². The summed E-state index contributed by atoms with van der Waals surface area (Å²) in [6.07, 6.45) is 3.42. The zero-order chi connectivity index (χ0) is 9.80. The van der Waals surface area contributed by atoms with Crippen LogP contribution in [0.1, 0.15) is 0 Å². The van der Waals surface area contributed by atoms with Crippen molar-refractivity contribution >= 4 is 22.6 Å². The Bertz CT molecular complexity index is 399. The topological polar surface area (TPSA) is 22.1 Å². The number of rotatable bonds is 2. The van der Waals surface area contributed by atoms with Gasteiger partial charge < -0.3 is 4.74 Å². The maximum absolute atomic E-state index is 5.59. The lowest BCUT2D eigenvalue weighted by atomic mass is 10.3. The number of ether oxygens (including phenoxy) is 1. The number of halogens is 1. The SMILES string of the molecule is Ic1ccc(Oc2ccncc2)cc1. The van der Waals surface area contributed by atoms with Crippen LogP contribution in [0.25, 0.3) is 0 Å². The zero-order valence-electron chi connectivity index (χ0n) is 7.35. The highest BCUT2D eigenvalue weighted by atomic mass is 127. The van der Waals surface area contributed by atoms with Gasteiger partial charge in [-0.1, -0.05) is 0 Å². The van der Waals surface area contributed by atoms with Gasteiger partial charge in [-0.3, -0.25) is 4.98 Å². The summed E-state index contributed by atoms with van der Waals surface area (Å²) in [5.41, 5.74) is 0. The lowest BCUT2D eigenvalue weighted by Gasteiger charge is -2.04. The first-order chi connectivity index (χ1) is 6.84. The fourth-order valence-corrected chi connectivity index (χ4v) is 1.40. The van der Waals surface area contributed by atoms with Crippen LogP contribution in [0.4, 0.5) is 0 Å². The van der Waals surface area contributed by atoms with E-state index in [1.54, 1.807) is 12.4 Å². The summed E-state index contributed by atoms with van der Waals surface area (Å²) < 4.78 is 6.79. The molecule has 70 valence electrons. The molecule has 0 fully saturated rings. The van der Waals surface area contributed by atoms with Crippen LogP contribution in [0, 0.1) is 3.57 Å². The van der Waals surface area contributed by atoms with E-state index in [0.717, 1.165) is 11.5 Å². The van der Waals surface area contributed by atoms with Crippen molar-refractivity contribution in [1.29, 1.82) is 0 Å². The highest BCUT2D eigenvalue weighted by molar-refractivity contribution is 14.1. The molecule has 1 aromatic heterocycles. The van der Waals surface area contributed by atoms with E-state index in [4.69, 9.17) is 4.74 Å². The normalized spacial score (nSPS) is 9.79. The summed E-state index contributed by atoms with van der Waals surface area (Å²) in [5, 5.41) is 0. The third kappa shape index (κ3) is 2.45. The van der Waals surface area contributed by atoms with Gasteiger partial charge in [0.1, 0.15) is 11.5 Å². The van der Waals surface area contributed by atoms with Gasteiger partial charge >= 0.3 is 0 Å². The smallest absolute Gasteiger partial charge is 0.130 e. The number of aromatic nitrogens is 1. The summed E-state index contributed by atoms with van der Waals surface area (Å²) in [4.78, 5) is 3.92. The summed E-state index contributed by atoms with van der Waals surface area (Å²) in [5.74, 6) is 1.65.